The van der Waals surface area contributed by atoms with Crippen LogP contribution in [0.4, 0.5) is 4.39 Å². The van der Waals surface area contributed by atoms with Gasteiger partial charge in [-0.05, 0) is 30.3 Å². The molecule has 0 fully saturated rings. The minimum absolute atomic E-state index is 0.00518. The second-order valence-corrected chi connectivity index (χ2v) is 4.52. The predicted molar refractivity (Wildman–Crippen MR) is 68.8 cm³/mol. The Morgan fingerprint density at radius 2 is 2.21 bits per heavy atom. The number of carbonyl (C=O) groups excluding carboxylic acids is 1. The fourth-order valence-electron chi connectivity index (χ4n) is 1.39. The zero-order chi connectivity index (χ0) is 13.8. The van der Waals surface area contributed by atoms with Crippen LogP contribution in [0.2, 0.25) is 0 Å². The van der Waals surface area contributed by atoms with E-state index in [1.807, 2.05) is 5.43 Å². The third kappa shape index (κ3) is 3.33. The van der Waals surface area contributed by atoms with Crippen molar-refractivity contribution in [1.29, 1.82) is 0 Å². The molecule has 5 nitrogen and oxygen atoms in total. The van der Waals surface area contributed by atoms with Crippen LogP contribution in [0.25, 0.3) is 0 Å². The predicted octanol–water partition coefficient (Wildman–Crippen LogP) is 2.36. The Morgan fingerprint density at radius 1 is 1.42 bits per heavy atom. The van der Waals surface area contributed by atoms with Gasteiger partial charge in [0, 0.05) is 4.47 Å². The summed E-state index contributed by atoms with van der Waals surface area (Å²) in [6, 6.07) is 7.37. The number of benzene rings is 1. The second-order valence-electron chi connectivity index (χ2n) is 3.60. The molecule has 1 heterocycles. The zero-order valence-corrected chi connectivity index (χ0v) is 11.2. The summed E-state index contributed by atoms with van der Waals surface area (Å²) in [5.74, 6) is 4.50. The summed E-state index contributed by atoms with van der Waals surface area (Å²) in [4.78, 5) is 11.2. The van der Waals surface area contributed by atoms with Gasteiger partial charge in [0.1, 0.15) is 12.4 Å². The van der Waals surface area contributed by atoms with Crippen molar-refractivity contribution < 1.29 is 18.3 Å². The van der Waals surface area contributed by atoms with E-state index in [0.717, 1.165) is 0 Å². The van der Waals surface area contributed by atoms with E-state index < -0.39 is 11.7 Å². The van der Waals surface area contributed by atoms with E-state index in [4.69, 9.17) is 15.0 Å². The summed E-state index contributed by atoms with van der Waals surface area (Å²) >= 11 is 3.22. The van der Waals surface area contributed by atoms with Crippen molar-refractivity contribution in [2.24, 2.45) is 5.84 Å². The summed E-state index contributed by atoms with van der Waals surface area (Å²) in [6.45, 7) is 0.00518. The Bertz CT molecular complexity index is 600. The number of amides is 1. The number of nitrogen functional groups attached to an aromatic ring is 1. The molecule has 0 saturated heterocycles. The van der Waals surface area contributed by atoms with Gasteiger partial charge in [-0.25, -0.2) is 10.2 Å². The number of halogens is 2. The number of rotatable bonds is 4. The fourth-order valence-corrected chi connectivity index (χ4v) is 1.73. The number of hydrogen-bond donors (Lipinski definition) is 2. The van der Waals surface area contributed by atoms with Crippen LogP contribution in [0.5, 0.6) is 5.75 Å². The minimum Gasteiger partial charge on any atom is -0.483 e. The summed E-state index contributed by atoms with van der Waals surface area (Å²) in [5.41, 5.74) is 1.95. The van der Waals surface area contributed by atoms with E-state index in [0.29, 0.717) is 10.2 Å². The number of furan rings is 1. The average Bonchev–Trinajstić information content (AvgIpc) is 2.88. The van der Waals surface area contributed by atoms with Crippen molar-refractivity contribution in [3.63, 3.8) is 0 Å². The van der Waals surface area contributed by atoms with E-state index in [1.165, 1.54) is 18.2 Å². The van der Waals surface area contributed by atoms with Crippen molar-refractivity contribution in [3.8, 4) is 5.75 Å². The lowest BCUT2D eigenvalue weighted by molar-refractivity contribution is 0.0921. The van der Waals surface area contributed by atoms with Gasteiger partial charge in [-0.3, -0.25) is 10.2 Å². The van der Waals surface area contributed by atoms with Crippen molar-refractivity contribution in [1.82, 2.24) is 5.43 Å². The molecule has 2 rings (SSSR count). The van der Waals surface area contributed by atoms with Gasteiger partial charge in [-0.1, -0.05) is 15.9 Å². The van der Waals surface area contributed by atoms with Crippen LogP contribution in [0, 0.1) is 5.82 Å². The average molecular weight is 329 g/mol. The molecule has 3 N–H and O–H groups in total. The van der Waals surface area contributed by atoms with Crippen LogP contribution in [0.3, 0.4) is 0 Å². The van der Waals surface area contributed by atoms with E-state index >= 15 is 0 Å². The smallest absolute Gasteiger partial charge is 0.300 e. The van der Waals surface area contributed by atoms with Crippen LogP contribution in [0.1, 0.15) is 16.3 Å². The molecule has 0 saturated carbocycles. The molecule has 2 aromatic rings. The minimum atomic E-state index is -0.542. The maximum Gasteiger partial charge on any atom is 0.300 e. The van der Waals surface area contributed by atoms with E-state index in [1.54, 1.807) is 12.1 Å². The molecule has 0 radical (unpaired) electrons. The van der Waals surface area contributed by atoms with Crippen LogP contribution in [0.15, 0.2) is 39.2 Å². The van der Waals surface area contributed by atoms with Crippen LogP contribution in [-0.2, 0) is 6.61 Å². The van der Waals surface area contributed by atoms with Gasteiger partial charge in [0.25, 0.3) is 0 Å². The molecule has 1 aromatic carbocycles. The molecule has 0 unspecified atom stereocenters. The Kier molecular flexibility index (Phi) is 4.18. The Hall–Kier alpha value is -1.86. The Labute approximate surface area is 116 Å². The third-order valence-electron chi connectivity index (χ3n) is 2.28. The lowest BCUT2D eigenvalue weighted by Crippen LogP contribution is -2.29. The number of nitrogens with two attached hydrogens (primary N) is 1. The molecular formula is C12H10BrFN2O3. The standard InChI is InChI=1S/C12H10BrFN2O3/c13-7-1-3-9(14)11(5-7)18-6-8-2-4-10(19-8)12(17)16-15/h1-5H,6,15H2,(H,16,17). The van der Waals surface area contributed by atoms with Crippen molar-refractivity contribution >= 4 is 21.8 Å². The summed E-state index contributed by atoms with van der Waals surface area (Å²) < 4.78 is 24.5. The number of hydrazine groups is 1. The highest BCUT2D eigenvalue weighted by molar-refractivity contribution is 9.10. The highest BCUT2D eigenvalue weighted by Gasteiger charge is 2.11. The SMILES string of the molecule is NNC(=O)c1ccc(COc2cc(Br)ccc2F)o1. The van der Waals surface area contributed by atoms with Crippen molar-refractivity contribution in [2.75, 3.05) is 0 Å². The molecule has 100 valence electrons. The monoisotopic (exact) mass is 328 g/mol. The second kappa shape index (κ2) is 5.85. The topological polar surface area (TPSA) is 77.5 Å². The molecule has 0 aliphatic rings. The lowest BCUT2D eigenvalue weighted by atomic mass is 10.3. The number of nitrogens with one attached hydrogen (secondary N) is 1. The lowest BCUT2D eigenvalue weighted by Gasteiger charge is -2.05. The van der Waals surface area contributed by atoms with Gasteiger partial charge in [-0.2, -0.15) is 0 Å². The summed E-state index contributed by atoms with van der Waals surface area (Å²) in [6.07, 6.45) is 0. The Balaban J connectivity index is 2.04. The van der Waals surface area contributed by atoms with Gasteiger partial charge >= 0.3 is 5.91 Å². The number of hydrogen-bond acceptors (Lipinski definition) is 4. The fraction of sp³-hybridized carbons (Fsp3) is 0.0833. The van der Waals surface area contributed by atoms with Gasteiger partial charge in [0.2, 0.25) is 0 Å². The first-order valence-corrected chi connectivity index (χ1v) is 6.07. The first-order valence-electron chi connectivity index (χ1n) is 5.27. The molecule has 0 aliphatic heterocycles. The molecule has 0 aliphatic carbocycles. The first-order chi connectivity index (χ1) is 9.10. The first kappa shape index (κ1) is 13.6. The molecule has 7 heteroatoms. The van der Waals surface area contributed by atoms with Crippen LogP contribution in [-0.4, -0.2) is 5.91 Å². The molecule has 1 aromatic heterocycles. The molecule has 0 spiro atoms. The van der Waals surface area contributed by atoms with Crippen LogP contribution >= 0.6 is 15.9 Å². The highest BCUT2D eigenvalue weighted by Crippen LogP contribution is 2.23. The summed E-state index contributed by atoms with van der Waals surface area (Å²) in [7, 11) is 0. The van der Waals surface area contributed by atoms with Crippen LogP contribution < -0.4 is 16.0 Å². The molecule has 0 bridgehead atoms. The molecule has 1 amide bonds. The van der Waals surface area contributed by atoms with Gasteiger partial charge < -0.3 is 9.15 Å². The van der Waals surface area contributed by atoms with Gasteiger partial charge in [-0.15, -0.1) is 0 Å². The van der Waals surface area contributed by atoms with Gasteiger partial charge in [0.05, 0.1) is 0 Å². The maximum atomic E-state index is 13.4. The largest absolute Gasteiger partial charge is 0.483 e. The maximum absolute atomic E-state index is 13.4. The number of ether oxygens (including phenoxy) is 1. The zero-order valence-electron chi connectivity index (χ0n) is 9.65. The number of carbonyl (C=O) groups is 1. The van der Waals surface area contributed by atoms with Gasteiger partial charge in [0.15, 0.2) is 17.3 Å². The molecule has 19 heavy (non-hydrogen) atoms. The van der Waals surface area contributed by atoms with E-state index in [2.05, 4.69) is 15.9 Å². The molecule has 0 atom stereocenters. The molecular weight excluding hydrogens is 319 g/mol. The van der Waals surface area contributed by atoms with E-state index in [-0.39, 0.29) is 18.1 Å². The highest BCUT2D eigenvalue weighted by atomic mass is 79.9. The van der Waals surface area contributed by atoms with E-state index in [9.17, 15) is 9.18 Å². The van der Waals surface area contributed by atoms with Crippen molar-refractivity contribution in [3.05, 3.63) is 52.1 Å². The quantitative estimate of drug-likeness (QED) is 0.513. The third-order valence-corrected chi connectivity index (χ3v) is 2.77. The normalized spacial score (nSPS) is 10.3. The Morgan fingerprint density at radius 3 is 2.95 bits per heavy atom. The summed E-state index contributed by atoms with van der Waals surface area (Å²) in [5, 5.41) is 0. The van der Waals surface area contributed by atoms with Crippen molar-refractivity contribution in [2.45, 2.75) is 6.61 Å².